The van der Waals surface area contributed by atoms with Gasteiger partial charge in [0.05, 0.1) is 17.9 Å². The van der Waals surface area contributed by atoms with Crippen LogP contribution in [-0.4, -0.2) is 47.7 Å². The number of ether oxygens (including phenoxy) is 1. The first-order chi connectivity index (χ1) is 13.0. The number of benzene rings is 1. The molecule has 3 aliphatic rings. The quantitative estimate of drug-likeness (QED) is 0.834. The summed E-state index contributed by atoms with van der Waals surface area (Å²) in [4.78, 5) is 27.1. The third-order valence-corrected chi connectivity index (χ3v) is 7.14. The van der Waals surface area contributed by atoms with Gasteiger partial charge in [-0.05, 0) is 49.5 Å². The molecular formula is C22H29NO4. The fraction of sp³-hybridized carbons (Fsp3) is 0.636. The van der Waals surface area contributed by atoms with E-state index >= 15 is 0 Å². The fourth-order valence-corrected chi connectivity index (χ4v) is 5.93. The Bertz CT molecular complexity index is 706. The molecule has 2 aliphatic carbocycles. The van der Waals surface area contributed by atoms with Gasteiger partial charge in [0.25, 0.3) is 0 Å². The van der Waals surface area contributed by atoms with Crippen molar-refractivity contribution < 1.29 is 19.4 Å². The summed E-state index contributed by atoms with van der Waals surface area (Å²) >= 11 is 0. The Kier molecular flexibility index (Phi) is 4.97. The van der Waals surface area contributed by atoms with Crippen molar-refractivity contribution >= 4 is 11.9 Å². The number of rotatable bonds is 6. The normalized spacial score (nSPS) is 34.9. The van der Waals surface area contributed by atoms with Gasteiger partial charge in [-0.2, -0.15) is 0 Å². The first-order valence-electron chi connectivity index (χ1n) is 10.1. The minimum atomic E-state index is -0.848. The summed E-state index contributed by atoms with van der Waals surface area (Å²) in [7, 11) is 1.65. The number of hydrogen-bond acceptors (Lipinski definition) is 3. The fourth-order valence-electron chi connectivity index (χ4n) is 5.93. The van der Waals surface area contributed by atoms with Crippen LogP contribution in [0.5, 0.6) is 0 Å². The second-order valence-corrected chi connectivity index (χ2v) is 8.70. The molecule has 1 amide bonds. The van der Waals surface area contributed by atoms with E-state index in [1.165, 1.54) is 12.0 Å². The molecule has 5 heteroatoms. The van der Waals surface area contributed by atoms with E-state index in [2.05, 4.69) is 12.1 Å². The highest BCUT2D eigenvalue weighted by molar-refractivity contribution is 5.85. The Hall–Kier alpha value is -1.88. The molecular weight excluding hydrogens is 342 g/mol. The van der Waals surface area contributed by atoms with E-state index in [9.17, 15) is 14.7 Å². The highest BCUT2D eigenvalue weighted by atomic mass is 16.5. The van der Waals surface area contributed by atoms with Crippen LogP contribution in [0.1, 0.15) is 44.1 Å². The van der Waals surface area contributed by atoms with Crippen LogP contribution in [0.3, 0.4) is 0 Å². The molecule has 5 atom stereocenters. The van der Waals surface area contributed by atoms with Crippen LogP contribution in [0.15, 0.2) is 30.3 Å². The summed E-state index contributed by atoms with van der Waals surface area (Å²) < 4.78 is 5.49. The number of methoxy groups -OCH3 is 1. The third-order valence-electron chi connectivity index (χ3n) is 7.14. The molecule has 1 aliphatic heterocycles. The molecule has 1 saturated heterocycles. The average molecular weight is 371 g/mol. The molecule has 4 rings (SSSR count). The van der Waals surface area contributed by atoms with Crippen molar-refractivity contribution in [2.45, 2.75) is 57.1 Å². The van der Waals surface area contributed by atoms with Crippen LogP contribution in [0, 0.1) is 17.3 Å². The molecule has 5 nitrogen and oxygen atoms in total. The van der Waals surface area contributed by atoms with Crippen LogP contribution in [0.4, 0.5) is 0 Å². The number of nitrogens with zero attached hydrogens (tertiary/aromatic N) is 1. The summed E-state index contributed by atoms with van der Waals surface area (Å²) in [6, 6.07) is 10.0. The predicted octanol–water partition coefficient (Wildman–Crippen LogP) is 3.13. The van der Waals surface area contributed by atoms with E-state index in [-0.39, 0.29) is 29.9 Å². The van der Waals surface area contributed by atoms with Gasteiger partial charge in [-0.1, -0.05) is 36.8 Å². The topological polar surface area (TPSA) is 66.8 Å². The number of likely N-dealkylation sites (tertiary alicyclic amines) is 1. The molecule has 0 aromatic heterocycles. The number of hydrogen-bond donors (Lipinski definition) is 1. The molecule has 0 radical (unpaired) electrons. The molecule has 1 aromatic carbocycles. The molecule has 27 heavy (non-hydrogen) atoms. The van der Waals surface area contributed by atoms with Crippen LogP contribution in [0.2, 0.25) is 0 Å². The number of carbonyl (C=O) groups excluding carboxylic acids is 1. The second kappa shape index (κ2) is 7.27. The van der Waals surface area contributed by atoms with E-state index in [4.69, 9.17) is 4.74 Å². The first kappa shape index (κ1) is 18.5. The Morgan fingerprint density at radius 2 is 2.00 bits per heavy atom. The van der Waals surface area contributed by atoms with Gasteiger partial charge in [0.1, 0.15) is 0 Å². The largest absolute Gasteiger partial charge is 0.481 e. The van der Waals surface area contributed by atoms with Gasteiger partial charge in [-0.15, -0.1) is 0 Å². The molecule has 1 aromatic rings. The molecule has 1 N–H and O–H groups in total. The maximum atomic E-state index is 13.9. The van der Waals surface area contributed by atoms with E-state index in [0.29, 0.717) is 24.8 Å². The lowest BCUT2D eigenvalue weighted by molar-refractivity contribution is -0.148. The minimum Gasteiger partial charge on any atom is -0.481 e. The molecule has 2 saturated carbocycles. The predicted molar refractivity (Wildman–Crippen MR) is 101 cm³/mol. The Labute approximate surface area is 160 Å². The van der Waals surface area contributed by atoms with Crippen molar-refractivity contribution in [3.63, 3.8) is 0 Å². The first-order valence-corrected chi connectivity index (χ1v) is 10.1. The van der Waals surface area contributed by atoms with Crippen LogP contribution in [-0.2, 0) is 20.7 Å². The van der Waals surface area contributed by atoms with Gasteiger partial charge in [0, 0.05) is 19.7 Å². The van der Waals surface area contributed by atoms with Gasteiger partial charge >= 0.3 is 5.97 Å². The lowest BCUT2D eigenvalue weighted by Crippen LogP contribution is -2.50. The van der Waals surface area contributed by atoms with E-state index in [1.807, 2.05) is 23.1 Å². The number of carboxylic acid groups (broad SMARTS) is 1. The van der Waals surface area contributed by atoms with Crippen LogP contribution < -0.4 is 0 Å². The highest BCUT2D eigenvalue weighted by Crippen LogP contribution is 2.58. The van der Waals surface area contributed by atoms with Gasteiger partial charge in [0.15, 0.2) is 0 Å². The third kappa shape index (κ3) is 3.38. The average Bonchev–Trinajstić information content (AvgIpc) is 3.36. The van der Waals surface area contributed by atoms with Crippen LogP contribution >= 0.6 is 0 Å². The van der Waals surface area contributed by atoms with Crippen LogP contribution in [0.25, 0.3) is 0 Å². The zero-order chi connectivity index (χ0) is 19.0. The number of carbonyl (C=O) groups is 2. The summed E-state index contributed by atoms with van der Waals surface area (Å²) in [5.74, 6) is 0.382. The summed E-state index contributed by atoms with van der Waals surface area (Å²) in [6.07, 6.45) is 5.75. The molecule has 2 bridgehead atoms. The minimum absolute atomic E-state index is 0.00110. The van der Waals surface area contributed by atoms with Crippen molar-refractivity contribution in [1.82, 2.24) is 4.90 Å². The van der Waals surface area contributed by atoms with E-state index in [1.54, 1.807) is 7.11 Å². The zero-order valence-corrected chi connectivity index (χ0v) is 16.0. The van der Waals surface area contributed by atoms with E-state index < -0.39 is 5.97 Å². The van der Waals surface area contributed by atoms with Gasteiger partial charge in [-0.25, -0.2) is 0 Å². The molecule has 3 fully saturated rings. The Balaban J connectivity index is 1.63. The summed E-state index contributed by atoms with van der Waals surface area (Å²) in [5, 5.41) is 9.32. The molecule has 5 unspecified atom stereocenters. The highest BCUT2D eigenvalue weighted by Gasteiger charge is 2.57. The lowest BCUT2D eigenvalue weighted by atomic mass is 9.68. The monoisotopic (exact) mass is 371 g/mol. The lowest BCUT2D eigenvalue weighted by Gasteiger charge is -2.41. The maximum Gasteiger partial charge on any atom is 0.305 e. The van der Waals surface area contributed by atoms with Gasteiger partial charge in [-0.3, -0.25) is 9.59 Å². The Morgan fingerprint density at radius 3 is 2.59 bits per heavy atom. The number of aliphatic carboxylic acids is 1. The maximum absolute atomic E-state index is 13.9. The molecule has 0 spiro atoms. The van der Waals surface area contributed by atoms with E-state index in [0.717, 1.165) is 25.7 Å². The van der Waals surface area contributed by atoms with Crippen molar-refractivity contribution in [1.29, 1.82) is 0 Å². The van der Waals surface area contributed by atoms with Gasteiger partial charge < -0.3 is 14.7 Å². The van der Waals surface area contributed by atoms with Crippen molar-refractivity contribution in [2.24, 2.45) is 17.3 Å². The molecule has 1 heterocycles. The summed E-state index contributed by atoms with van der Waals surface area (Å²) in [6.45, 7) is 0.515. The van der Waals surface area contributed by atoms with Crippen molar-refractivity contribution in [3.8, 4) is 0 Å². The second-order valence-electron chi connectivity index (χ2n) is 8.70. The Morgan fingerprint density at radius 1 is 1.22 bits per heavy atom. The SMILES string of the molecule is COC1CC(CC(=O)O)N(C(=O)C2(Cc3ccccc3)CC3CCC2C3)C1. The molecule has 146 valence electrons. The zero-order valence-electron chi connectivity index (χ0n) is 16.0. The summed E-state index contributed by atoms with van der Waals surface area (Å²) in [5.41, 5.74) is 0.833. The smallest absolute Gasteiger partial charge is 0.305 e. The van der Waals surface area contributed by atoms with Crippen molar-refractivity contribution in [3.05, 3.63) is 35.9 Å². The van der Waals surface area contributed by atoms with Crippen molar-refractivity contribution in [2.75, 3.05) is 13.7 Å². The number of amides is 1. The van der Waals surface area contributed by atoms with Gasteiger partial charge in [0.2, 0.25) is 5.91 Å². The number of fused-ring (bicyclic) bond motifs is 2. The standard InChI is InChI=1S/C22H29NO4/c1-27-19-10-18(11-20(24)25)23(14-19)21(26)22(12-15-5-3-2-4-6-15)13-16-7-8-17(22)9-16/h2-6,16-19H,7-14H2,1H3,(H,24,25). The number of carboxylic acids is 1.